The molecule has 1 N–H and O–H groups in total. The van der Waals surface area contributed by atoms with E-state index in [1.54, 1.807) is 12.0 Å². The van der Waals surface area contributed by atoms with Crippen LogP contribution in [-0.4, -0.2) is 41.9 Å². The van der Waals surface area contributed by atoms with E-state index >= 15 is 0 Å². The molecule has 1 aromatic heterocycles. The van der Waals surface area contributed by atoms with Crippen molar-refractivity contribution in [2.24, 2.45) is 0 Å². The summed E-state index contributed by atoms with van der Waals surface area (Å²) >= 11 is 1.51. The topological polar surface area (TPSA) is 71.5 Å². The van der Waals surface area contributed by atoms with Gasteiger partial charge in [-0.1, -0.05) is 36.3 Å². The van der Waals surface area contributed by atoms with Gasteiger partial charge in [-0.15, -0.1) is 11.3 Å². The molecule has 168 valence electrons. The zero-order valence-corrected chi connectivity index (χ0v) is 19.2. The molecule has 0 atom stereocenters. The fraction of sp³-hybridized carbons (Fsp3) is 0.269. The van der Waals surface area contributed by atoms with Crippen molar-refractivity contribution in [3.05, 3.63) is 81.8 Å². The normalized spacial score (nSPS) is 13.7. The number of hydrogen-bond acceptors (Lipinski definition) is 5. The first-order chi connectivity index (χ1) is 16.1. The van der Waals surface area contributed by atoms with Crippen molar-refractivity contribution in [1.82, 2.24) is 15.2 Å². The summed E-state index contributed by atoms with van der Waals surface area (Å²) in [5.74, 6) is 6.38. The van der Waals surface area contributed by atoms with Gasteiger partial charge in [0.15, 0.2) is 0 Å². The smallest absolute Gasteiger partial charge is 0.298 e. The zero-order chi connectivity index (χ0) is 23.0. The van der Waals surface area contributed by atoms with Crippen LogP contribution in [0.5, 0.6) is 5.75 Å². The van der Waals surface area contributed by atoms with Crippen LogP contribution >= 0.6 is 11.3 Å². The molecule has 2 amide bonds. The van der Waals surface area contributed by atoms with Crippen LogP contribution < -0.4 is 10.1 Å². The van der Waals surface area contributed by atoms with Gasteiger partial charge in [0, 0.05) is 42.4 Å². The number of nitrogens with one attached hydrogen (secondary N) is 1. The van der Waals surface area contributed by atoms with Gasteiger partial charge in [0.1, 0.15) is 11.4 Å². The molecule has 1 fully saturated rings. The van der Waals surface area contributed by atoms with Crippen molar-refractivity contribution in [2.75, 3.05) is 20.2 Å². The van der Waals surface area contributed by atoms with Crippen LogP contribution in [0, 0.1) is 11.8 Å². The number of amides is 2. The maximum Gasteiger partial charge on any atom is 0.298 e. The van der Waals surface area contributed by atoms with E-state index in [4.69, 9.17) is 4.74 Å². The van der Waals surface area contributed by atoms with Crippen LogP contribution in [0.1, 0.15) is 45.4 Å². The summed E-state index contributed by atoms with van der Waals surface area (Å²) in [5, 5.41) is 5.67. The largest absolute Gasteiger partial charge is 0.497 e. The van der Waals surface area contributed by atoms with Crippen molar-refractivity contribution in [3.8, 4) is 17.6 Å². The molecule has 0 unspecified atom stereocenters. The Bertz CT molecular complexity index is 1150. The molecule has 2 aromatic carbocycles. The standard InChI is InChI=1S/C26H25N3O3S/c1-32-22-10-7-20(8-11-22)17-27-25(31)23-18-33-26(28-23)21-13-15-29(16-14-21)24(30)12-9-19-5-3-2-4-6-19/h2-8,10-11,18,21H,13-17H2,1H3,(H,27,31). The summed E-state index contributed by atoms with van der Waals surface area (Å²) in [6, 6.07) is 17.1. The van der Waals surface area contributed by atoms with Gasteiger partial charge in [0.25, 0.3) is 11.8 Å². The van der Waals surface area contributed by atoms with Crippen LogP contribution in [-0.2, 0) is 11.3 Å². The average Bonchev–Trinajstić information content (AvgIpc) is 3.37. The molecule has 0 radical (unpaired) electrons. The van der Waals surface area contributed by atoms with Crippen LogP contribution in [0.4, 0.5) is 0 Å². The Morgan fingerprint density at radius 2 is 1.85 bits per heavy atom. The molecular weight excluding hydrogens is 434 g/mol. The lowest BCUT2D eigenvalue weighted by Crippen LogP contribution is -2.37. The molecule has 6 nitrogen and oxygen atoms in total. The fourth-order valence-electron chi connectivity index (χ4n) is 3.65. The van der Waals surface area contributed by atoms with Crippen molar-refractivity contribution in [3.63, 3.8) is 0 Å². The average molecular weight is 460 g/mol. The highest BCUT2D eigenvalue weighted by Crippen LogP contribution is 2.30. The lowest BCUT2D eigenvalue weighted by Gasteiger charge is -2.29. The molecule has 0 saturated carbocycles. The van der Waals surface area contributed by atoms with E-state index in [1.165, 1.54) is 11.3 Å². The van der Waals surface area contributed by atoms with Crippen LogP contribution in [0.3, 0.4) is 0 Å². The SMILES string of the molecule is COc1ccc(CNC(=O)c2csc(C3CCN(C(=O)C#Cc4ccccc4)CC3)n2)cc1. The zero-order valence-electron chi connectivity index (χ0n) is 18.4. The fourth-order valence-corrected chi connectivity index (χ4v) is 4.62. The summed E-state index contributed by atoms with van der Waals surface area (Å²) in [6.07, 6.45) is 1.64. The molecule has 1 aliphatic heterocycles. The first kappa shape index (κ1) is 22.6. The lowest BCUT2D eigenvalue weighted by atomic mass is 9.97. The first-order valence-corrected chi connectivity index (χ1v) is 11.7. The number of hydrogen-bond donors (Lipinski definition) is 1. The third-order valence-corrected chi connectivity index (χ3v) is 6.59. The Labute approximate surface area is 197 Å². The van der Waals surface area contributed by atoms with E-state index in [0.717, 1.165) is 34.7 Å². The number of piperidine rings is 1. The number of likely N-dealkylation sites (tertiary alicyclic amines) is 1. The van der Waals surface area contributed by atoms with Crippen LogP contribution in [0.15, 0.2) is 60.0 Å². The van der Waals surface area contributed by atoms with E-state index in [9.17, 15) is 9.59 Å². The Morgan fingerprint density at radius 1 is 1.12 bits per heavy atom. The van der Waals surface area contributed by atoms with E-state index in [1.807, 2.05) is 60.0 Å². The van der Waals surface area contributed by atoms with E-state index in [0.29, 0.717) is 25.3 Å². The molecule has 4 rings (SSSR count). The van der Waals surface area contributed by atoms with E-state index < -0.39 is 0 Å². The summed E-state index contributed by atoms with van der Waals surface area (Å²) in [4.78, 5) is 31.3. The minimum absolute atomic E-state index is 0.143. The number of aromatic nitrogens is 1. The second kappa shape index (κ2) is 10.8. The number of benzene rings is 2. The number of methoxy groups -OCH3 is 1. The molecule has 2 heterocycles. The third kappa shape index (κ3) is 5.99. The minimum Gasteiger partial charge on any atom is -0.497 e. The lowest BCUT2D eigenvalue weighted by molar-refractivity contribution is -0.126. The molecule has 1 saturated heterocycles. The Kier molecular flexibility index (Phi) is 7.38. The number of carbonyl (C=O) groups is 2. The molecule has 7 heteroatoms. The number of rotatable bonds is 5. The highest BCUT2D eigenvalue weighted by atomic mass is 32.1. The highest BCUT2D eigenvalue weighted by molar-refractivity contribution is 7.09. The monoisotopic (exact) mass is 459 g/mol. The molecule has 0 bridgehead atoms. The van der Waals surface area contributed by atoms with Crippen LogP contribution in [0.2, 0.25) is 0 Å². The Morgan fingerprint density at radius 3 is 2.55 bits per heavy atom. The predicted octanol–water partition coefficient (Wildman–Crippen LogP) is 3.84. The molecule has 1 aliphatic rings. The van der Waals surface area contributed by atoms with Crippen molar-refractivity contribution in [2.45, 2.75) is 25.3 Å². The highest BCUT2D eigenvalue weighted by Gasteiger charge is 2.25. The van der Waals surface area contributed by atoms with Gasteiger partial charge >= 0.3 is 0 Å². The molecule has 0 spiro atoms. The van der Waals surface area contributed by atoms with Crippen LogP contribution in [0.25, 0.3) is 0 Å². The summed E-state index contributed by atoms with van der Waals surface area (Å²) in [6.45, 7) is 1.72. The maximum atomic E-state index is 12.5. The van der Waals surface area contributed by atoms with Gasteiger partial charge in [-0.05, 0) is 42.7 Å². The van der Waals surface area contributed by atoms with Crippen molar-refractivity contribution >= 4 is 23.2 Å². The van der Waals surface area contributed by atoms with E-state index in [-0.39, 0.29) is 17.7 Å². The van der Waals surface area contributed by atoms with Crippen molar-refractivity contribution in [1.29, 1.82) is 0 Å². The van der Waals surface area contributed by atoms with E-state index in [2.05, 4.69) is 22.1 Å². The van der Waals surface area contributed by atoms with Gasteiger partial charge in [0.05, 0.1) is 12.1 Å². The number of carbonyl (C=O) groups excluding carboxylic acids is 2. The second-order valence-electron chi connectivity index (χ2n) is 7.78. The number of nitrogens with zero attached hydrogens (tertiary/aromatic N) is 2. The Balaban J connectivity index is 1.27. The van der Waals surface area contributed by atoms with Gasteiger partial charge in [-0.3, -0.25) is 9.59 Å². The Hall–Kier alpha value is -3.63. The third-order valence-electron chi connectivity index (χ3n) is 5.59. The quantitative estimate of drug-likeness (QED) is 0.589. The summed E-state index contributed by atoms with van der Waals surface area (Å²) < 4.78 is 5.15. The summed E-state index contributed by atoms with van der Waals surface area (Å²) in [5.41, 5.74) is 2.27. The molecule has 33 heavy (non-hydrogen) atoms. The molecule has 3 aromatic rings. The second-order valence-corrected chi connectivity index (χ2v) is 8.67. The van der Waals surface area contributed by atoms with Gasteiger partial charge in [-0.25, -0.2) is 4.98 Å². The minimum atomic E-state index is -0.183. The van der Waals surface area contributed by atoms with Gasteiger partial charge < -0.3 is 15.0 Å². The van der Waals surface area contributed by atoms with Crippen molar-refractivity contribution < 1.29 is 14.3 Å². The molecule has 0 aliphatic carbocycles. The molecular formula is C26H25N3O3S. The van der Waals surface area contributed by atoms with Gasteiger partial charge in [-0.2, -0.15) is 0 Å². The first-order valence-electron chi connectivity index (χ1n) is 10.8. The summed E-state index contributed by atoms with van der Waals surface area (Å²) in [7, 11) is 1.62. The number of ether oxygens (including phenoxy) is 1. The number of thiazole rings is 1. The maximum absolute atomic E-state index is 12.5. The van der Waals surface area contributed by atoms with Gasteiger partial charge in [0.2, 0.25) is 0 Å². The predicted molar refractivity (Wildman–Crippen MR) is 128 cm³/mol.